The van der Waals surface area contributed by atoms with E-state index in [0.717, 1.165) is 12.8 Å². The number of nitrogens with zero attached hydrogens (tertiary/aromatic N) is 1. The quantitative estimate of drug-likeness (QED) is 0.754. The maximum atomic E-state index is 12.3. The molecular formula is C18H25NO4. The van der Waals surface area contributed by atoms with Crippen molar-refractivity contribution < 1.29 is 19.1 Å². The van der Waals surface area contributed by atoms with Gasteiger partial charge in [0.2, 0.25) is 5.91 Å². The van der Waals surface area contributed by atoms with Crippen LogP contribution in [0.5, 0.6) is 0 Å². The monoisotopic (exact) mass is 319 g/mol. The van der Waals surface area contributed by atoms with Crippen LogP contribution < -0.4 is 0 Å². The predicted molar refractivity (Wildman–Crippen MR) is 86.9 cm³/mol. The Hall–Kier alpha value is -1.88. The van der Waals surface area contributed by atoms with E-state index in [1.165, 1.54) is 12.7 Å². The molecule has 0 aliphatic carbocycles. The Balaban J connectivity index is 1.83. The third-order valence-electron chi connectivity index (χ3n) is 4.19. The lowest BCUT2D eigenvalue weighted by Crippen LogP contribution is -2.51. The Bertz CT molecular complexity index is 517. The van der Waals surface area contributed by atoms with Gasteiger partial charge in [-0.25, -0.2) is 0 Å². The number of carbonyl (C=O) groups is 2. The fraction of sp³-hybridized carbons (Fsp3) is 0.556. The number of methoxy groups -OCH3 is 1. The Labute approximate surface area is 137 Å². The number of esters is 1. The highest BCUT2D eigenvalue weighted by atomic mass is 16.5. The highest BCUT2D eigenvalue weighted by Crippen LogP contribution is 2.17. The molecule has 5 heteroatoms. The Morgan fingerprint density at radius 1 is 1.26 bits per heavy atom. The fourth-order valence-electron chi connectivity index (χ4n) is 2.77. The lowest BCUT2D eigenvalue weighted by molar-refractivity contribution is -0.149. The van der Waals surface area contributed by atoms with Crippen molar-refractivity contribution in [2.75, 3.05) is 20.3 Å². The summed E-state index contributed by atoms with van der Waals surface area (Å²) in [5.74, 6) is -0.351. The molecule has 5 nitrogen and oxygen atoms in total. The summed E-state index contributed by atoms with van der Waals surface area (Å²) < 4.78 is 10.4. The summed E-state index contributed by atoms with van der Waals surface area (Å²) in [5, 5.41) is 0. The number of morpholine rings is 1. The average Bonchev–Trinajstić information content (AvgIpc) is 2.59. The molecule has 2 rings (SSSR count). The van der Waals surface area contributed by atoms with Gasteiger partial charge >= 0.3 is 5.97 Å². The summed E-state index contributed by atoms with van der Waals surface area (Å²) in [5.41, 5.74) is 1.28. The molecule has 2 unspecified atom stereocenters. The maximum absolute atomic E-state index is 12.3. The second-order valence-corrected chi connectivity index (χ2v) is 5.95. The number of benzene rings is 1. The Morgan fingerprint density at radius 3 is 2.70 bits per heavy atom. The largest absolute Gasteiger partial charge is 0.469 e. The second-order valence-electron chi connectivity index (χ2n) is 5.95. The van der Waals surface area contributed by atoms with Gasteiger partial charge in [0.1, 0.15) is 0 Å². The summed E-state index contributed by atoms with van der Waals surface area (Å²) in [4.78, 5) is 25.3. The number of amides is 1. The fourth-order valence-corrected chi connectivity index (χ4v) is 2.77. The minimum Gasteiger partial charge on any atom is -0.469 e. The van der Waals surface area contributed by atoms with Crippen molar-refractivity contribution in [3.63, 3.8) is 0 Å². The van der Waals surface area contributed by atoms with Crippen molar-refractivity contribution in [1.82, 2.24) is 4.90 Å². The van der Waals surface area contributed by atoms with Gasteiger partial charge in [0.25, 0.3) is 0 Å². The molecule has 1 fully saturated rings. The summed E-state index contributed by atoms with van der Waals surface area (Å²) >= 11 is 0. The number of hydrogen-bond donors (Lipinski definition) is 0. The SMILES string of the molecule is COC(=O)CCC(=O)N1CC(CCc2ccccc2)OCC1C. The van der Waals surface area contributed by atoms with Crippen LogP contribution >= 0.6 is 0 Å². The molecule has 2 atom stereocenters. The van der Waals surface area contributed by atoms with Crippen molar-refractivity contribution in [2.45, 2.75) is 44.8 Å². The zero-order valence-electron chi connectivity index (χ0n) is 13.9. The molecule has 0 N–H and O–H groups in total. The van der Waals surface area contributed by atoms with Gasteiger partial charge < -0.3 is 14.4 Å². The topological polar surface area (TPSA) is 55.8 Å². The first-order valence-electron chi connectivity index (χ1n) is 8.12. The lowest BCUT2D eigenvalue weighted by Gasteiger charge is -2.38. The van der Waals surface area contributed by atoms with Crippen LogP contribution in [0.4, 0.5) is 0 Å². The highest BCUT2D eigenvalue weighted by molar-refractivity contribution is 5.81. The highest BCUT2D eigenvalue weighted by Gasteiger charge is 2.29. The second kappa shape index (κ2) is 8.67. The Morgan fingerprint density at radius 2 is 2.00 bits per heavy atom. The van der Waals surface area contributed by atoms with Crippen LogP contribution in [-0.4, -0.2) is 49.2 Å². The molecule has 0 saturated carbocycles. The molecule has 1 aliphatic heterocycles. The van der Waals surface area contributed by atoms with Crippen LogP contribution in [0.2, 0.25) is 0 Å². The van der Waals surface area contributed by atoms with Crippen LogP contribution in [0.15, 0.2) is 30.3 Å². The summed E-state index contributed by atoms with van der Waals surface area (Å²) in [6.45, 7) is 3.11. The molecule has 126 valence electrons. The van der Waals surface area contributed by atoms with E-state index in [0.29, 0.717) is 13.2 Å². The molecule has 0 bridgehead atoms. The zero-order chi connectivity index (χ0) is 16.7. The van der Waals surface area contributed by atoms with E-state index in [1.807, 2.05) is 30.0 Å². The summed E-state index contributed by atoms with van der Waals surface area (Å²) in [7, 11) is 1.34. The third kappa shape index (κ3) is 5.36. The number of ether oxygens (including phenoxy) is 2. The maximum Gasteiger partial charge on any atom is 0.306 e. The van der Waals surface area contributed by atoms with Gasteiger partial charge in [-0.2, -0.15) is 0 Å². The number of carbonyl (C=O) groups excluding carboxylic acids is 2. The van der Waals surface area contributed by atoms with Crippen LogP contribution in [0.3, 0.4) is 0 Å². The van der Waals surface area contributed by atoms with Crippen LogP contribution in [0.25, 0.3) is 0 Å². The molecule has 1 aromatic rings. The van der Waals surface area contributed by atoms with Gasteiger partial charge in [0.05, 0.1) is 32.3 Å². The van der Waals surface area contributed by atoms with Crippen molar-refractivity contribution in [2.24, 2.45) is 0 Å². The number of rotatable bonds is 6. The average molecular weight is 319 g/mol. The molecule has 23 heavy (non-hydrogen) atoms. The molecular weight excluding hydrogens is 294 g/mol. The van der Waals surface area contributed by atoms with Crippen molar-refractivity contribution in [3.05, 3.63) is 35.9 Å². The van der Waals surface area contributed by atoms with E-state index in [1.54, 1.807) is 0 Å². The normalized spacial score (nSPS) is 21.0. The first kappa shape index (κ1) is 17.5. The van der Waals surface area contributed by atoms with Crippen LogP contribution in [0, 0.1) is 0 Å². The van der Waals surface area contributed by atoms with Crippen molar-refractivity contribution >= 4 is 11.9 Å². The number of hydrogen-bond acceptors (Lipinski definition) is 4. The van der Waals surface area contributed by atoms with Crippen molar-refractivity contribution in [3.8, 4) is 0 Å². The molecule has 0 radical (unpaired) electrons. The van der Waals surface area contributed by atoms with Gasteiger partial charge in [0, 0.05) is 13.0 Å². The third-order valence-corrected chi connectivity index (χ3v) is 4.19. The van der Waals surface area contributed by atoms with E-state index >= 15 is 0 Å². The molecule has 1 aromatic carbocycles. The van der Waals surface area contributed by atoms with E-state index in [4.69, 9.17) is 4.74 Å². The molecule has 1 aliphatic rings. The molecule has 1 heterocycles. The zero-order valence-corrected chi connectivity index (χ0v) is 13.9. The molecule has 0 aromatic heterocycles. The molecule has 0 spiro atoms. The summed E-state index contributed by atoms with van der Waals surface area (Å²) in [6, 6.07) is 10.3. The van der Waals surface area contributed by atoms with E-state index in [9.17, 15) is 9.59 Å². The number of aryl methyl sites for hydroxylation is 1. The van der Waals surface area contributed by atoms with Gasteiger partial charge in [-0.05, 0) is 25.3 Å². The van der Waals surface area contributed by atoms with E-state index in [2.05, 4.69) is 16.9 Å². The first-order chi connectivity index (χ1) is 11.1. The Kier molecular flexibility index (Phi) is 6.59. The van der Waals surface area contributed by atoms with Gasteiger partial charge in [-0.15, -0.1) is 0 Å². The molecule has 1 saturated heterocycles. The minimum atomic E-state index is -0.347. The van der Waals surface area contributed by atoms with Crippen molar-refractivity contribution in [1.29, 1.82) is 0 Å². The van der Waals surface area contributed by atoms with Gasteiger partial charge in [-0.3, -0.25) is 9.59 Å². The standard InChI is InChI=1S/C18H25NO4/c1-14-13-23-16(9-8-15-6-4-3-5-7-15)12-19(14)17(20)10-11-18(21)22-2/h3-7,14,16H,8-13H2,1-2H3. The van der Waals surface area contributed by atoms with Crippen LogP contribution in [-0.2, 0) is 25.5 Å². The molecule has 1 amide bonds. The lowest BCUT2D eigenvalue weighted by atomic mass is 10.0. The van der Waals surface area contributed by atoms with Gasteiger partial charge in [-0.1, -0.05) is 30.3 Å². The predicted octanol–water partition coefficient (Wildman–Crippen LogP) is 2.19. The first-order valence-corrected chi connectivity index (χ1v) is 8.12. The van der Waals surface area contributed by atoms with E-state index < -0.39 is 0 Å². The van der Waals surface area contributed by atoms with Crippen LogP contribution in [0.1, 0.15) is 31.7 Å². The summed E-state index contributed by atoms with van der Waals surface area (Å²) in [6.07, 6.45) is 2.20. The smallest absolute Gasteiger partial charge is 0.306 e. The van der Waals surface area contributed by atoms with Gasteiger partial charge in [0.15, 0.2) is 0 Å². The van der Waals surface area contributed by atoms with E-state index in [-0.39, 0.29) is 36.9 Å². The minimum absolute atomic E-state index is 0.00379.